The molecule has 5 heteroatoms. The standard InChI is InChI=1S/C9H15N3O2/c1-3-4-7(5-10)9(14)12(2)6-8(11)13/h7H,3-4,6H2,1-2H3,(H2,11,13). The molecule has 0 aromatic carbocycles. The van der Waals surface area contributed by atoms with Crippen molar-refractivity contribution in [3.8, 4) is 6.07 Å². The van der Waals surface area contributed by atoms with E-state index in [9.17, 15) is 9.59 Å². The maximum atomic E-state index is 11.5. The summed E-state index contributed by atoms with van der Waals surface area (Å²) >= 11 is 0. The minimum Gasteiger partial charge on any atom is -0.368 e. The Hall–Kier alpha value is -1.57. The number of rotatable bonds is 5. The summed E-state index contributed by atoms with van der Waals surface area (Å²) in [5.74, 6) is -1.58. The Kier molecular flexibility index (Phi) is 5.30. The first-order valence-corrected chi connectivity index (χ1v) is 4.45. The lowest BCUT2D eigenvalue weighted by atomic mass is 10.0. The number of carbonyl (C=O) groups excluding carboxylic acids is 2. The third-order valence-corrected chi connectivity index (χ3v) is 1.80. The van der Waals surface area contributed by atoms with E-state index in [2.05, 4.69) is 0 Å². The van der Waals surface area contributed by atoms with E-state index in [1.165, 1.54) is 11.9 Å². The van der Waals surface area contributed by atoms with Gasteiger partial charge < -0.3 is 10.6 Å². The fourth-order valence-corrected chi connectivity index (χ4v) is 1.11. The fourth-order valence-electron chi connectivity index (χ4n) is 1.11. The van der Waals surface area contributed by atoms with Crippen LogP contribution >= 0.6 is 0 Å². The molecule has 2 N–H and O–H groups in total. The molecule has 0 aliphatic heterocycles. The van der Waals surface area contributed by atoms with E-state index in [4.69, 9.17) is 11.0 Å². The predicted molar refractivity (Wildman–Crippen MR) is 50.8 cm³/mol. The molecule has 0 aliphatic rings. The molecule has 0 rings (SSSR count). The number of primary amides is 1. The second kappa shape index (κ2) is 5.97. The topological polar surface area (TPSA) is 87.2 Å². The van der Waals surface area contributed by atoms with Crippen LogP contribution < -0.4 is 5.73 Å². The van der Waals surface area contributed by atoms with E-state index in [1.807, 2.05) is 13.0 Å². The average Bonchev–Trinajstić information content (AvgIpc) is 2.12. The minimum absolute atomic E-state index is 0.138. The van der Waals surface area contributed by atoms with Gasteiger partial charge in [0.25, 0.3) is 0 Å². The van der Waals surface area contributed by atoms with Crippen LogP contribution in [0, 0.1) is 17.2 Å². The predicted octanol–water partition coefficient (Wildman–Crippen LogP) is -0.130. The Bertz CT molecular complexity index is 257. The smallest absolute Gasteiger partial charge is 0.240 e. The maximum Gasteiger partial charge on any atom is 0.240 e. The zero-order chi connectivity index (χ0) is 11.1. The summed E-state index contributed by atoms with van der Waals surface area (Å²) in [5.41, 5.74) is 4.93. The van der Waals surface area contributed by atoms with Crippen molar-refractivity contribution in [1.82, 2.24) is 4.90 Å². The Labute approximate surface area is 83.5 Å². The van der Waals surface area contributed by atoms with Crippen molar-refractivity contribution in [3.05, 3.63) is 0 Å². The molecule has 0 saturated heterocycles. The molecule has 0 bridgehead atoms. The summed E-state index contributed by atoms with van der Waals surface area (Å²) in [5, 5.41) is 8.70. The number of amides is 2. The number of carbonyl (C=O) groups is 2. The fraction of sp³-hybridized carbons (Fsp3) is 0.667. The molecule has 0 aliphatic carbocycles. The number of hydrogen-bond acceptors (Lipinski definition) is 3. The summed E-state index contributed by atoms with van der Waals surface area (Å²) in [6.45, 7) is 1.76. The van der Waals surface area contributed by atoms with Gasteiger partial charge in [-0.3, -0.25) is 9.59 Å². The van der Waals surface area contributed by atoms with Gasteiger partial charge in [-0.25, -0.2) is 0 Å². The molecule has 0 fully saturated rings. The van der Waals surface area contributed by atoms with Crippen LogP contribution in [0.2, 0.25) is 0 Å². The lowest BCUT2D eigenvalue weighted by molar-refractivity contribution is -0.136. The highest BCUT2D eigenvalue weighted by Gasteiger charge is 2.21. The van der Waals surface area contributed by atoms with Crippen molar-refractivity contribution in [1.29, 1.82) is 5.26 Å². The quantitative estimate of drug-likeness (QED) is 0.666. The van der Waals surface area contributed by atoms with E-state index in [-0.39, 0.29) is 12.5 Å². The zero-order valence-electron chi connectivity index (χ0n) is 8.49. The molecule has 78 valence electrons. The number of hydrogen-bond donors (Lipinski definition) is 1. The van der Waals surface area contributed by atoms with Crippen LogP contribution in [0.5, 0.6) is 0 Å². The van der Waals surface area contributed by atoms with Crippen molar-refractivity contribution in [2.75, 3.05) is 13.6 Å². The van der Waals surface area contributed by atoms with Crippen LogP contribution in [0.3, 0.4) is 0 Å². The third-order valence-electron chi connectivity index (χ3n) is 1.80. The molecule has 2 amide bonds. The Morgan fingerprint density at radius 3 is 2.50 bits per heavy atom. The van der Waals surface area contributed by atoms with Gasteiger partial charge in [0.2, 0.25) is 11.8 Å². The van der Waals surface area contributed by atoms with Gasteiger partial charge in [0.05, 0.1) is 12.6 Å². The Morgan fingerprint density at radius 1 is 1.57 bits per heavy atom. The SMILES string of the molecule is CCCC(C#N)C(=O)N(C)CC(N)=O. The number of nitriles is 1. The van der Waals surface area contributed by atoms with Crippen LogP contribution in [0.4, 0.5) is 0 Å². The highest BCUT2D eigenvalue weighted by molar-refractivity contribution is 5.86. The second-order valence-electron chi connectivity index (χ2n) is 3.13. The molecule has 0 aromatic rings. The molecule has 1 atom stereocenters. The van der Waals surface area contributed by atoms with Gasteiger partial charge >= 0.3 is 0 Å². The van der Waals surface area contributed by atoms with Crippen LogP contribution in [0.1, 0.15) is 19.8 Å². The molecular weight excluding hydrogens is 182 g/mol. The average molecular weight is 197 g/mol. The third kappa shape index (κ3) is 3.90. The molecular formula is C9H15N3O2. The molecule has 5 nitrogen and oxygen atoms in total. The van der Waals surface area contributed by atoms with Gasteiger partial charge in [-0.1, -0.05) is 13.3 Å². The first kappa shape index (κ1) is 12.4. The van der Waals surface area contributed by atoms with E-state index >= 15 is 0 Å². The monoisotopic (exact) mass is 197 g/mol. The second-order valence-corrected chi connectivity index (χ2v) is 3.13. The van der Waals surface area contributed by atoms with E-state index < -0.39 is 11.8 Å². The largest absolute Gasteiger partial charge is 0.368 e. The van der Waals surface area contributed by atoms with Gasteiger partial charge in [0.15, 0.2) is 0 Å². The lowest BCUT2D eigenvalue weighted by Gasteiger charge is -2.17. The van der Waals surface area contributed by atoms with Crippen molar-refractivity contribution in [2.45, 2.75) is 19.8 Å². The molecule has 0 heterocycles. The van der Waals surface area contributed by atoms with Crippen LogP contribution in [0.15, 0.2) is 0 Å². The molecule has 0 radical (unpaired) electrons. The summed E-state index contributed by atoms with van der Waals surface area (Å²) < 4.78 is 0. The Balaban J connectivity index is 4.28. The van der Waals surface area contributed by atoms with Gasteiger partial charge in [0.1, 0.15) is 5.92 Å². The summed E-state index contributed by atoms with van der Waals surface area (Å²) in [6.07, 6.45) is 1.27. The lowest BCUT2D eigenvalue weighted by Crippen LogP contribution is -2.38. The summed E-state index contributed by atoms with van der Waals surface area (Å²) in [6, 6.07) is 1.91. The van der Waals surface area contributed by atoms with Gasteiger partial charge in [-0.15, -0.1) is 0 Å². The number of nitrogens with two attached hydrogens (primary N) is 1. The van der Waals surface area contributed by atoms with Crippen molar-refractivity contribution in [2.24, 2.45) is 11.7 Å². The molecule has 1 unspecified atom stereocenters. The highest BCUT2D eigenvalue weighted by Crippen LogP contribution is 2.08. The van der Waals surface area contributed by atoms with E-state index in [1.54, 1.807) is 0 Å². The number of nitrogens with zero attached hydrogens (tertiary/aromatic N) is 2. The summed E-state index contributed by atoms with van der Waals surface area (Å²) in [7, 11) is 1.47. The van der Waals surface area contributed by atoms with Crippen molar-refractivity contribution in [3.63, 3.8) is 0 Å². The molecule has 14 heavy (non-hydrogen) atoms. The summed E-state index contributed by atoms with van der Waals surface area (Å²) in [4.78, 5) is 23.2. The van der Waals surface area contributed by atoms with Gasteiger partial charge in [0, 0.05) is 7.05 Å². The number of likely N-dealkylation sites (N-methyl/N-ethyl adjacent to an activating group) is 1. The molecule has 0 saturated carbocycles. The molecule has 0 spiro atoms. The zero-order valence-corrected chi connectivity index (χ0v) is 8.49. The van der Waals surface area contributed by atoms with E-state index in [0.29, 0.717) is 6.42 Å². The Morgan fingerprint density at radius 2 is 2.14 bits per heavy atom. The maximum absolute atomic E-state index is 11.5. The van der Waals surface area contributed by atoms with Gasteiger partial charge in [-0.05, 0) is 6.42 Å². The van der Waals surface area contributed by atoms with Gasteiger partial charge in [-0.2, -0.15) is 5.26 Å². The van der Waals surface area contributed by atoms with Crippen molar-refractivity contribution >= 4 is 11.8 Å². The van der Waals surface area contributed by atoms with Crippen LogP contribution in [-0.2, 0) is 9.59 Å². The molecule has 0 aromatic heterocycles. The van der Waals surface area contributed by atoms with E-state index in [0.717, 1.165) is 6.42 Å². The highest BCUT2D eigenvalue weighted by atomic mass is 16.2. The van der Waals surface area contributed by atoms with Crippen molar-refractivity contribution < 1.29 is 9.59 Å². The van der Waals surface area contributed by atoms with Crippen LogP contribution in [0.25, 0.3) is 0 Å². The minimum atomic E-state index is -0.663. The first-order chi connectivity index (χ1) is 6.52. The first-order valence-electron chi connectivity index (χ1n) is 4.45. The van der Waals surface area contributed by atoms with Crippen LogP contribution in [-0.4, -0.2) is 30.3 Å². The normalized spacial score (nSPS) is 11.5.